The van der Waals surface area contributed by atoms with Gasteiger partial charge in [-0.2, -0.15) is 0 Å². The molecule has 2 atom stereocenters. The molecule has 1 N–H and O–H groups in total. The average molecular weight is 220 g/mol. The first-order valence-corrected chi connectivity index (χ1v) is 5.87. The van der Waals surface area contributed by atoms with Crippen molar-refractivity contribution in [3.05, 3.63) is 17.6 Å². The summed E-state index contributed by atoms with van der Waals surface area (Å²) in [6, 6.07) is 1.01. The van der Waals surface area contributed by atoms with Crippen LogP contribution >= 0.6 is 0 Å². The minimum Gasteiger partial charge on any atom is -0.352 e. The van der Waals surface area contributed by atoms with Gasteiger partial charge in [-0.25, -0.2) is 4.98 Å². The van der Waals surface area contributed by atoms with E-state index in [1.165, 1.54) is 0 Å². The summed E-state index contributed by atoms with van der Waals surface area (Å²) in [5, 5.41) is 3.52. The highest BCUT2D eigenvalue weighted by atomic mass is 15.3. The molecule has 0 radical (unpaired) electrons. The van der Waals surface area contributed by atoms with Gasteiger partial charge in [0, 0.05) is 25.2 Å². The Balaban J connectivity index is 2.19. The quantitative estimate of drug-likeness (QED) is 0.774. The van der Waals surface area contributed by atoms with Crippen LogP contribution in [-0.4, -0.2) is 35.1 Å². The second-order valence-electron chi connectivity index (χ2n) is 4.77. The van der Waals surface area contributed by atoms with Crippen LogP contribution in [0.25, 0.3) is 0 Å². The zero-order chi connectivity index (χ0) is 11.7. The third-order valence-electron chi connectivity index (χ3n) is 3.06. The van der Waals surface area contributed by atoms with E-state index in [0.29, 0.717) is 12.1 Å². The first kappa shape index (κ1) is 11.3. The summed E-state index contributed by atoms with van der Waals surface area (Å²) >= 11 is 0. The van der Waals surface area contributed by atoms with Crippen molar-refractivity contribution in [2.45, 2.75) is 39.8 Å². The zero-order valence-electron chi connectivity index (χ0n) is 10.5. The van der Waals surface area contributed by atoms with Gasteiger partial charge in [-0.15, -0.1) is 0 Å². The van der Waals surface area contributed by atoms with E-state index < -0.39 is 0 Å². The molecule has 0 spiro atoms. The van der Waals surface area contributed by atoms with Gasteiger partial charge in [-0.3, -0.25) is 4.98 Å². The van der Waals surface area contributed by atoms with Crippen LogP contribution in [0.3, 0.4) is 0 Å². The van der Waals surface area contributed by atoms with Crippen LogP contribution < -0.4 is 10.2 Å². The topological polar surface area (TPSA) is 41.1 Å². The highest BCUT2D eigenvalue weighted by Crippen LogP contribution is 2.15. The number of rotatable bonds is 1. The number of hydrogen-bond acceptors (Lipinski definition) is 4. The molecule has 0 aromatic carbocycles. The summed E-state index contributed by atoms with van der Waals surface area (Å²) in [5.41, 5.74) is 2.04. The molecule has 1 saturated heterocycles. The standard InChI is InChI=1S/C12H20N4/c1-8-6-16(7-9(2)14-8)12-5-13-10(3)11(4)15-12/h5,8-9,14H,6-7H2,1-4H3. The Bertz CT molecular complexity index is 367. The predicted molar refractivity (Wildman–Crippen MR) is 65.8 cm³/mol. The fraction of sp³-hybridized carbons (Fsp3) is 0.667. The summed E-state index contributed by atoms with van der Waals surface area (Å²) in [4.78, 5) is 11.3. The van der Waals surface area contributed by atoms with Crippen molar-refractivity contribution in [2.75, 3.05) is 18.0 Å². The fourth-order valence-electron chi connectivity index (χ4n) is 2.20. The molecule has 0 saturated carbocycles. The van der Waals surface area contributed by atoms with E-state index in [0.717, 1.165) is 30.3 Å². The number of aryl methyl sites for hydroxylation is 2. The normalized spacial score (nSPS) is 25.9. The minimum absolute atomic E-state index is 0.507. The van der Waals surface area contributed by atoms with Crippen molar-refractivity contribution >= 4 is 5.82 Å². The van der Waals surface area contributed by atoms with Gasteiger partial charge in [-0.05, 0) is 27.7 Å². The lowest BCUT2D eigenvalue weighted by molar-refractivity contribution is 0.405. The van der Waals surface area contributed by atoms with Gasteiger partial charge >= 0.3 is 0 Å². The summed E-state index contributed by atoms with van der Waals surface area (Å²) < 4.78 is 0. The number of nitrogens with one attached hydrogen (secondary N) is 1. The average Bonchev–Trinajstić information content (AvgIpc) is 2.20. The summed E-state index contributed by atoms with van der Waals surface area (Å²) in [6.07, 6.45) is 1.88. The Morgan fingerprint density at radius 1 is 1.19 bits per heavy atom. The summed E-state index contributed by atoms with van der Waals surface area (Å²) in [7, 11) is 0. The van der Waals surface area contributed by atoms with Crippen LogP contribution in [0.1, 0.15) is 25.2 Å². The highest BCUT2D eigenvalue weighted by Gasteiger charge is 2.22. The van der Waals surface area contributed by atoms with E-state index >= 15 is 0 Å². The second kappa shape index (κ2) is 4.37. The maximum atomic E-state index is 4.60. The molecule has 88 valence electrons. The van der Waals surface area contributed by atoms with Crippen LogP contribution in [0, 0.1) is 13.8 Å². The lowest BCUT2D eigenvalue weighted by atomic mass is 10.1. The lowest BCUT2D eigenvalue weighted by Crippen LogP contribution is -2.54. The van der Waals surface area contributed by atoms with Crippen LogP contribution in [0.4, 0.5) is 5.82 Å². The molecule has 1 aromatic rings. The van der Waals surface area contributed by atoms with E-state index in [-0.39, 0.29) is 0 Å². The molecule has 16 heavy (non-hydrogen) atoms. The summed E-state index contributed by atoms with van der Waals surface area (Å²) in [5.74, 6) is 1.00. The highest BCUT2D eigenvalue weighted by molar-refractivity contribution is 5.38. The summed E-state index contributed by atoms with van der Waals surface area (Å²) in [6.45, 7) is 10.4. The molecular formula is C12H20N4. The first-order valence-electron chi connectivity index (χ1n) is 5.87. The maximum absolute atomic E-state index is 4.60. The van der Waals surface area contributed by atoms with Crippen molar-refractivity contribution < 1.29 is 0 Å². The predicted octanol–water partition coefficient (Wildman–Crippen LogP) is 1.28. The van der Waals surface area contributed by atoms with E-state index in [1.54, 1.807) is 0 Å². The largest absolute Gasteiger partial charge is 0.352 e. The van der Waals surface area contributed by atoms with Crippen molar-refractivity contribution in [3.8, 4) is 0 Å². The van der Waals surface area contributed by atoms with Gasteiger partial charge in [0.15, 0.2) is 0 Å². The zero-order valence-corrected chi connectivity index (χ0v) is 10.5. The molecule has 0 bridgehead atoms. The van der Waals surface area contributed by atoms with E-state index in [1.807, 2.05) is 20.0 Å². The van der Waals surface area contributed by atoms with E-state index in [4.69, 9.17) is 0 Å². The van der Waals surface area contributed by atoms with Gasteiger partial charge < -0.3 is 10.2 Å². The molecule has 2 heterocycles. The minimum atomic E-state index is 0.507. The molecule has 1 aliphatic rings. The Hall–Kier alpha value is -1.16. The van der Waals surface area contributed by atoms with Gasteiger partial charge in [-0.1, -0.05) is 0 Å². The van der Waals surface area contributed by atoms with Gasteiger partial charge in [0.2, 0.25) is 0 Å². The smallest absolute Gasteiger partial charge is 0.147 e. The number of anilines is 1. The Kier molecular flexibility index (Phi) is 3.10. The SMILES string of the molecule is Cc1ncc(N2CC(C)NC(C)C2)nc1C. The lowest BCUT2D eigenvalue weighted by Gasteiger charge is -2.36. The molecular weight excluding hydrogens is 200 g/mol. The van der Waals surface area contributed by atoms with Crippen molar-refractivity contribution in [3.63, 3.8) is 0 Å². The number of piperazine rings is 1. The molecule has 4 heteroatoms. The van der Waals surface area contributed by atoms with Crippen LogP contribution in [0.5, 0.6) is 0 Å². The molecule has 1 aromatic heterocycles. The Labute approximate surface area is 97.1 Å². The van der Waals surface area contributed by atoms with Gasteiger partial charge in [0.05, 0.1) is 17.6 Å². The van der Waals surface area contributed by atoms with Gasteiger partial charge in [0.1, 0.15) is 5.82 Å². The van der Waals surface area contributed by atoms with Gasteiger partial charge in [0.25, 0.3) is 0 Å². The fourth-order valence-corrected chi connectivity index (χ4v) is 2.20. The molecule has 4 nitrogen and oxygen atoms in total. The first-order chi connectivity index (χ1) is 7.56. The van der Waals surface area contributed by atoms with Crippen molar-refractivity contribution in [2.24, 2.45) is 0 Å². The van der Waals surface area contributed by atoms with E-state index in [9.17, 15) is 0 Å². The molecule has 2 rings (SSSR count). The van der Waals surface area contributed by atoms with Crippen molar-refractivity contribution in [1.82, 2.24) is 15.3 Å². The molecule has 0 aliphatic carbocycles. The number of nitrogens with zero attached hydrogens (tertiary/aromatic N) is 3. The molecule has 0 amide bonds. The molecule has 1 fully saturated rings. The number of aromatic nitrogens is 2. The number of hydrogen-bond donors (Lipinski definition) is 1. The Morgan fingerprint density at radius 3 is 2.38 bits per heavy atom. The van der Waals surface area contributed by atoms with Crippen molar-refractivity contribution in [1.29, 1.82) is 0 Å². The Morgan fingerprint density at radius 2 is 1.81 bits per heavy atom. The van der Waals surface area contributed by atoms with E-state index in [2.05, 4.69) is 34.0 Å². The molecule has 1 aliphatic heterocycles. The third-order valence-corrected chi connectivity index (χ3v) is 3.06. The van der Waals surface area contributed by atoms with Crippen LogP contribution in [0.2, 0.25) is 0 Å². The van der Waals surface area contributed by atoms with Crippen LogP contribution in [-0.2, 0) is 0 Å². The maximum Gasteiger partial charge on any atom is 0.147 e. The second-order valence-corrected chi connectivity index (χ2v) is 4.77. The third kappa shape index (κ3) is 2.32. The monoisotopic (exact) mass is 220 g/mol. The van der Waals surface area contributed by atoms with Crippen LogP contribution in [0.15, 0.2) is 6.20 Å². The molecule has 2 unspecified atom stereocenters.